The van der Waals surface area contributed by atoms with Crippen LogP contribution >= 0.6 is 0 Å². The van der Waals surface area contributed by atoms with Gasteiger partial charge >= 0.3 is 0 Å². The van der Waals surface area contributed by atoms with Crippen LogP contribution in [-0.4, -0.2) is 4.98 Å². The maximum atomic E-state index is 6.00. The fraction of sp³-hybridized carbons (Fsp3) is 0.214. The lowest BCUT2D eigenvalue weighted by Crippen LogP contribution is -2.01. The molecule has 0 amide bonds. The van der Waals surface area contributed by atoms with E-state index in [1.54, 1.807) is 6.20 Å². The van der Waals surface area contributed by atoms with Crippen molar-refractivity contribution in [1.29, 1.82) is 0 Å². The zero-order valence-corrected chi connectivity index (χ0v) is 10.4. The molecule has 0 saturated heterocycles. The summed E-state index contributed by atoms with van der Waals surface area (Å²) in [5.74, 6) is 0.391. The molecule has 4 N–H and O–H groups in total. The molecule has 0 aliphatic rings. The van der Waals surface area contributed by atoms with Crippen molar-refractivity contribution in [2.24, 2.45) is 0 Å². The van der Waals surface area contributed by atoms with Crippen molar-refractivity contribution in [3.8, 4) is 11.1 Å². The number of nitrogen functional groups attached to an aromatic ring is 2. The Balaban J connectivity index is 2.73. The molecule has 1 aromatic heterocycles. The minimum atomic E-state index is 0.391. The molecule has 17 heavy (non-hydrogen) atoms. The quantitative estimate of drug-likeness (QED) is 0.787. The molecule has 0 atom stereocenters. The Morgan fingerprint density at radius 3 is 2.18 bits per heavy atom. The van der Waals surface area contributed by atoms with Crippen molar-refractivity contribution in [2.75, 3.05) is 11.5 Å². The van der Waals surface area contributed by atoms with Crippen LogP contribution in [-0.2, 0) is 0 Å². The van der Waals surface area contributed by atoms with E-state index >= 15 is 0 Å². The van der Waals surface area contributed by atoms with Crippen LogP contribution in [0, 0.1) is 20.8 Å². The number of pyridine rings is 1. The van der Waals surface area contributed by atoms with E-state index in [0.717, 1.165) is 11.1 Å². The van der Waals surface area contributed by atoms with Crippen LogP contribution in [0.2, 0.25) is 0 Å². The summed E-state index contributed by atoms with van der Waals surface area (Å²) in [6.07, 6.45) is 1.69. The first-order valence-corrected chi connectivity index (χ1v) is 5.59. The number of rotatable bonds is 1. The SMILES string of the molecule is Cc1cc(C)c(-c2ccnc(N)c2N)c(C)c1. The zero-order valence-electron chi connectivity index (χ0n) is 10.4. The van der Waals surface area contributed by atoms with Gasteiger partial charge in [-0.3, -0.25) is 0 Å². The van der Waals surface area contributed by atoms with Crippen molar-refractivity contribution in [2.45, 2.75) is 20.8 Å². The first-order valence-electron chi connectivity index (χ1n) is 5.59. The number of anilines is 2. The fourth-order valence-corrected chi connectivity index (χ4v) is 2.31. The molecule has 1 aromatic carbocycles. The smallest absolute Gasteiger partial charge is 0.147 e. The van der Waals surface area contributed by atoms with E-state index in [4.69, 9.17) is 11.5 Å². The highest BCUT2D eigenvalue weighted by molar-refractivity contribution is 5.85. The lowest BCUT2D eigenvalue weighted by Gasteiger charge is -2.14. The molecule has 2 aromatic rings. The highest BCUT2D eigenvalue weighted by Gasteiger charge is 2.11. The molecule has 1 heterocycles. The number of benzene rings is 1. The molecule has 0 spiro atoms. The summed E-state index contributed by atoms with van der Waals surface area (Å²) in [6, 6.07) is 6.22. The highest BCUT2D eigenvalue weighted by atomic mass is 14.9. The van der Waals surface area contributed by atoms with Gasteiger partial charge in [0.05, 0.1) is 5.69 Å². The summed E-state index contributed by atoms with van der Waals surface area (Å²) < 4.78 is 0. The predicted octanol–water partition coefficient (Wildman–Crippen LogP) is 2.84. The van der Waals surface area contributed by atoms with Crippen LogP contribution in [0.15, 0.2) is 24.4 Å². The van der Waals surface area contributed by atoms with Crippen LogP contribution in [0.3, 0.4) is 0 Å². The first kappa shape index (κ1) is 11.5. The van der Waals surface area contributed by atoms with Crippen molar-refractivity contribution in [3.05, 3.63) is 41.1 Å². The van der Waals surface area contributed by atoms with Gasteiger partial charge in [-0.25, -0.2) is 4.98 Å². The molecule has 0 bridgehead atoms. The van der Waals surface area contributed by atoms with Gasteiger partial charge in [0.15, 0.2) is 0 Å². The second-order valence-corrected chi connectivity index (χ2v) is 4.43. The number of aromatic nitrogens is 1. The summed E-state index contributed by atoms with van der Waals surface area (Å²) in [6.45, 7) is 6.27. The zero-order chi connectivity index (χ0) is 12.6. The number of hydrogen-bond donors (Lipinski definition) is 2. The Morgan fingerprint density at radius 2 is 1.59 bits per heavy atom. The fourth-order valence-electron chi connectivity index (χ4n) is 2.31. The largest absolute Gasteiger partial charge is 0.395 e. The molecule has 0 aliphatic carbocycles. The van der Waals surface area contributed by atoms with E-state index < -0.39 is 0 Å². The summed E-state index contributed by atoms with van der Waals surface area (Å²) in [7, 11) is 0. The maximum absolute atomic E-state index is 6.00. The first-order chi connectivity index (χ1) is 8.00. The van der Waals surface area contributed by atoms with Gasteiger partial charge in [0.25, 0.3) is 0 Å². The van der Waals surface area contributed by atoms with Crippen LogP contribution in [0.4, 0.5) is 11.5 Å². The Kier molecular flexibility index (Phi) is 2.76. The minimum Gasteiger partial charge on any atom is -0.395 e. The molecule has 88 valence electrons. The highest BCUT2D eigenvalue weighted by Crippen LogP contribution is 2.34. The van der Waals surface area contributed by atoms with Crippen molar-refractivity contribution >= 4 is 11.5 Å². The normalized spacial score (nSPS) is 10.5. The van der Waals surface area contributed by atoms with Gasteiger partial charge in [-0.1, -0.05) is 17.7 Å². The summed E-state index contributed by atoms with van der Waals surface area (Å²) >= 11 is 0. The Labute approximate surface area is 101 Å². The van der Waals surface area contributed by atoms with Crippen LogP contribution < -0.4 is 11.5 Å². The Bertz CT molecular complexity index is 551. The van der Waals surface area contributed by atoms with Crippen molar-refractivity contribution in [1.82, 2.24) is 4.98 Å². The average Bonchev–Trinajstić information content (AvgIpc) is 2.23. The molecule has 3 nitrogen and oxygen atoms in total. The topological polar surface area (TPSA) is 64.9 Å². The van der Waals surface area contributed by atoms with Crippen molar-refractivity contribution < 1.29 is 0 Å². The Hall–Kier alpha value is -2.03. The number of aryl methyl sites for hydroxylation is 3. The van der Waals surface area contributed by atoms with Gasteiger partial charge in [0.1, 0.15) is 5.82 Å². The van der Waals surface area contributed by atoms with E-state index in [2.05, 4.69) is 37.9 Å². The van der Waals surface area contributed by atoms with Gasteiger partial charge in [0, 0.05) is 11.8 Å². The summed E-state index contributed by atoms with van der Waals surface area (Å²) in [5.41, 5.74) is 18.1. The third kappa shape index (κ3) is 1.96. The van der Waals surface area contributed by atoms with Crippen LogP contribution in [0.1, 0.15) is 16.7 Å². The second kappa shape index (κ2) is 4.09. The van der Waals surface area contributed by atoms with Gasteiger partial charge in [0.2, 0.25) is 0 Å². The van der Waals surface area contributed by atoms with Crippen molar-refractivity contribution in [3.63, 3.8) is 0 Å². The van der Waals surface area contributed by atoms with E-state index in [0.29, 0.717) is 11.5 Å². The summed E-state index contributed by atoms with van der Waals surface area (Å²) in [5, 5.41) is 0. The van der Waals surface area contributed by atoms with Gasteiger partial charge in [-0.2, -0.15) is 0 Å². The number of nitrogens with two attached hydrogens (primary N) is 2. The summed E-state index contributed by atoms with van der Waals surface area (Å²) in [4.78, 5) is 3.99. The minimum absolute atomic E-state index is 0.391. The standard InChI is InChI=1S/C14H17N3/c1-8-6-9(2)12(10(3)7-8)11-4-5-17-14(16)13(11)15/h4-7H,15H2,1-3H3,(H2,16,17). The Morgan fingerprint density at radius 1 is 1.00 bits per heavy atom. The van der Waals surface area contributed by atoms with E-state index in [1.165, 1.54) is 16.7 Å². The van der Waals surface area contributed by atoms with E-state index in [1.807, 2.05) is 6.07 Å². The van der Waals surface area contributed by atoms with Crippen LogP contribution in [0.25, 0.3) is 11.1 Å². The monoisotopic (exact) mass is 227 g/mol. The molecular formula is C14H17N3. The lowest BCUT2D eigenvalue weighted by molar-refractivity contribution is 1.30. The van der Waals surface area contributed by atoms with Gasteiger partial charge in [-0.05, 0) is 43.5 Å². The van der Waals surface area contributed by atoms with Gasteiger partial charge in [-0.15, -0.1) is 0 Å². The second-order valence-electron chi connectivity index (χ2n) is 4.43. The molecule has 0 radical (unpaired) electrons. The third-order valence-corrected chi connectivity index (χ3v) is 2.97. The van der Waals surface area contributed by atoms with E-state index in [-0.39, 0.29) is 0 Å². The molecule has 0 saturated carbocycles. The van der Waals surface area contributed by atoms with E-state index in [9.17, 15) is 0 Å². The lowest BCUT2D eigenvalue weighted by atomic mass is 9.93. The molecule has 0 aliphatic heterocycles. The third-order valence-electron chi connectivity index (χ3n) is 2.97. The predicted molar refractivity (Wildman–Crippen MR) is 72.7 cm³/mol. The molecule has 0 fully saturated rings. The maximum Gasteiger partial charge on any atom is 0.147 e. The molecule has 0 unspecified atom stereocenters. The van der Waals surface area contributed by atoms with Crippen LogP contribution in [0.5, 0.6) is 0 Å². The van der Waals surface area contributed by atoms with Gasteiger partial charge < -0.3 is 11.5 Å². The number of hydrogen-bond acceptors (Lipinski definition) is 3. The molecule has 2 rings (SSSR count). The number of nitrogens with zero attached hydrogens (tertiary/aromatic N) is 1. The molecular weight excluding hydrogens is 210 g/mol. The average molecular weight is 227 g/mol. The molecule has 3 heteroatoms.